The molecule has 3 rings (SSSR count). The number of carboxylic acids is 1. The van der Waals surface area contributed by atoms with Crippen molar-refractivity contribution in [2.24, 2.45) is 0 Å². The van der Waals surface area contributed by atoms with Crippen molar-refractivity contribution in [1.82, 2.24) is 4.31 Å². The molecule has 3 aromatic rings. The normalized spacial score (nSPS) is 11.3. The molecule has 31 heavy (non-hydrogen) atoms. The summed E-state index contributed by atoms with van der Waals surface area (Å²) in [5.41, 5.74) is 1.51. The molecule has 0 spiro atoms. The van der Waals surface area contributed by atoms with Gasteiger partial charge >= 0.3 is 5.97 Å². The molecule has 0 bridgehead atoms. The zero-order valence-electron chi connectivity index (χ0n) is 17.2. The summed E-state index contributed by atoms with van der Waals surface area (Å²) in [4.78, 5) is 11.1. The molecule has 0 saturated heterocycles. The summed E-state index contributed by atoms with van der Waals surface area (Å²) in [7, 11) is -0.871. The van der Waals surface area contributed by atoms with E-state index in [-0.39, 0.29) is 23.5 Å². The van der Waals surface area contributed by atoms with Crippen LogP contribution in [0.1, 0.15) is 21.5 Å². The lowest BCUT2D eigenvalue weighted by molar-refractivity contribution is 0.0696. The minimum atomic E-state index is -3.93. The van der Waals surface area contributed by atoms with Crippen molar-refractivity contribution in [3.8, 4) is 11.5 Å². The summed E-state index contributed by atoms with van der Waals surface area (Å²) in [6.45, 7) is 0.199. The van der Waals surface area contributed by atoms with Crippen molar-refractivity contribution < 1.29 is 27.8 Å². The summed E-state index contributed by atoms with van der Waals surface area (Å²) in [6.07, 6.45) is 0. The zero-order valence-corrected chi connectivity index (χ0v) is 18.0. The van der Waals surface area contributed by atoms with Gasteiger partial charge in [0.1, 0.15) is 11.5 Å². The second-order valence-electron chi connectivity index (χ2n) is 6.77. The van der Waals surface area contributed by atoms with Crippen LogP contribution in [0.5, 0.6) is 11.5 Å². The second kappa shape index (κ2) is 9.63. The SMILES string of the molecule is COc1ccc(CN(Cc2ccccc2)S(=O)(=O)c2ccc(C(=O)O)cc2)c(OC)c1. The fraction of sp³-hybridized carbons (Fsp3) is 0.174. The van der Waals surface area contributed by atoms with Gasteiger partial charge in [-0.3, -0.25) is 0 Å². The second-order valence-corrected chi connectivity index (χ2v) is 8.70. The van der Waals surface area contributed by atoms with Crippen molar-refractivity contribution in [1.29, 1.82) is 0 Å². The van der Waals surface area contributed by atoms with Gasteiger partial charge in [-0.15, -0.1) is 0 Å². The Kier molecular flexibility index (Phi) is 6.94. The van der Waals surface area contributed by atoms with Gasteiger partial charge in [0.25, 0.3) is 0 Å². The van der Waals surface area contributed by atoms with Crippen molar-refractivity contribution in [3.63, 3.8) is 0 Å². The number of nitrogens with zero attached hydrogens (tertiary/aromatic N) is 1. The third kappa shape index (κ3) is 5.22. The van der Waals surface area contributed by atoms with Crippen LogP contribution in [-0.2, 0) is 23.1 Å². The van der Waals surface area contributed by atoms with Crippen LogP contribution in [0.3, 0.4) is 0 Å². The van der Waals surface area contributed by atoms with Crippen LogP contribution in [0.25, 0.3) is 0 Å². The molecule has 0 aliphatic carbocycles. The number of benzene rings is 3. The molecular weight excluding hydrogens is 418 g/mol. The highest BCUT2D eigenvalue weighted by atomic mass is 32.2. The molecule has 1 N–H and O–H groups in total. The van der Waals surface area contributed by atoms with Crippen molar-refractivity contribution in [2.75, 3.05) is 14.2 Å². The van der Waals surface area contributed by atoms with Gasteiger partial charge in [-0.1, -0.05) is 36.4 Å². The van der Waals surface area contributed by atoms with E-state index in [0.29, 0.717) is 17.1 Å². The Bertz CT molecular complexity index is 1140. The molecule has 0 aliphatic rings. The van der Waals surface area contributed by atoms with E-state index in [1.165, 1.54) is 35.7 Å². The summed E-state index contributed by atoms with van der Waals surface area (Å²) in [5.74, 6) is -0.00998. The molecule has 0 amide bonds. The predicted molar refractivity (Wildman–Crippen MR) is 116 cm³/mol. The first-order chi connectivity index (χ1) is 14.8. The van der Waals surface area contributed by atoms with E-state index in [0.717, 1.165) is 5.56 Å². The Morgan fingerprint density at radius 3 is 2.16 bits per heavy atom. The Balaban J connectivity index is 2.01. The first-order valence-corrected chi connectivity index (χ1v) is 10.9. The molecule has 0 aromatic heterocycles. The van der Waals surface area contributed by atoms with E-state index in [1.54, 1.807) is 25.3 Å². The molecule has 0 unspecified atom stereocenters. The molecule has 3 aromatic carbocycles. The first kappa shape index (κ1) is 22.3. The lowest BCUT2D eigenvalue weighted by Gasteiger charge is -2.24. The van der Waals surface area contributed by atoms with E-state index in [4.69, 9.17) is 14.6 Å². The molecule has 0 saturated carbocycles. The minimum absolute atomic E-state index is 0.0147. The van der Waals surface area contributed by atoms with Crippen molar-refractivity contribution >= 4 is 16.0 Å². The summed E-state index contributed by atoms with van der Waals surface area (Å²) >= 11 is 0. The molecule has 8 heteroatoms. The van der Waals surface area contributed by atoms with Crippen LogP contribution in [0.4, 0.5) is 0 Å². The highest BCUT2D eigenvalue weighted by Gasteiger charge is 2.26. The zero-order chi connectivity index (χ0) is 22.4. The van der Waals surface area contributed by atoms with Gasteiger partial charge in [-0.05, 0) is 35.9 Å². The van der Waals surface area contributed by atoms with Crippen LogP contribution in [0.15, 0.2) is 77.7 Å². The molecule has 0 heterocycles. The maximum absolute atomic E-state index is 13.5. The number of ether oxygens (including phenoxy) is 2. The lowest BCUT2D eigenvalue weighted by atomic mass is 10.1. The van der Waals surface area contributed by atoms with Crippen LogP contribution >= 0.6 is 0 Å². The van der Waals surface area contributed by atoms with Gasteiger partial charge in [0.05, 0.1) is 24.7 Å². The maximum Gasteiger partial charge on any atom is 0.335 e. The van der Waals surface area contributed by atoms with Gasteiger partial charge in [0.2, 0.25) is 10.0 Å². The Morgan fingerprint density at radius 2 is 1.58 bits per heavy atom. The summed E-state index contributed by atoms with van der Waals surface area (Å²) in [6, 6.07) is 19.6. The molecule has 0 fully saturated rings. The van der Waals surface area contributed by atoms with Gasteiger partial charge in [0.15, 0.2) is 0 Å². The lowest BCUT2D eigenvalue weighted by Crippen LogP contribution is -2.30. The number of rotatable bonds is 9. The number of hydrogen-bond acceptors (Lipinski definition) is 5. The average molecular weight is 442 g/mol. The fourth-order valence-corrected chi connectivity index (χ4v) is 4.51. The van der Waals surface area contributed by atoms with E-state index in [1.807, 2.05) is 30.3 Å². The van der Waals surface area contributed by atoms with Crippen LogP contribution in [-0.4, -0.2) is 38.0 Å². The number of aromatic carboxylic acids is 1. The van der Waals surface area contributed by atoms with Gasteiger partial charge in [-0.25, -0.2) is 13.2 Å². The number of carbonyl (C=O) groups is 1. The topological polar surface area (TPSA) is 93.1 Å². The molecule has 0 aliphatic heterocycles. The van der Waals surface area contributed by atoms with E-state index < -0.39 is 16.0 Å². The highest BCUT2D eigenvalue weighted by Crippen LogP contribution is 2.29. The quantitative estimate of drug-likeness (QED) is 0.543. The fourth-order valence-electron chi connectivity index (χ4n) is 3.10. The van der Waals surface area contributed by atoms with Crippen molar-refractivity contribution in [3.05, 3.63) is 89.5 Å². The van der Waals surface area contributed by atoms with E-state index >= 15 is 0 Å². The number of sulfonamides is 1. The van der Waals surface area contributed by atoms with Crippen LogP contribution < -0.4 is 9.47 Å². The molecule has 0 radical (unpaired) electrons. The monoisotopic (exact) mass is 441 g/mol. The Labute approximate surface area is 181 Å². The maximum atomic E-state index is 13.5. The Morgan fingerprint density at radius 1 is 0.903 bits per heavy atom. The number of methoxy groups -OCH3 is 2. The standard InChI is InChI=1S/C23H23NO6S/c1-29-20-11-8-19(22(14-20)30-2)16-24(15-17-6-4-3-5-7-17)31(27,28)21-12-9-18(10-13-21)23(25)26/h3-14H,15-16H2,1-2H3,(H,25,26). The Hall–Kier alpha value is -3.36. The minimum Gasteiger partial charge on any atom is -0.497 e. The predicted octanol–water partition coefficient (Wildman–Crippen LogP) is 3.79. The highest BCUT2D eigenvalue weighted by molar-refractivity contribution is 7.89. The summed E-state index contributed by atoms with van der Waals surface area (Å²) < 4.78 is 38.9. The third-order valence-corrected chi connectivity index (χ3v) is 6.59. The molecule has 7 nitrogen and oxygen atoms in total. The van der Waals surface area contributed by atoms with E-state index in [9.17, 15) is 13.2 Å². The van der Waals surface area contributed by atoms with Gasteiger partial charge in [-0.2, -0.15) is 4.31 Å². The smallest absolute Gasteiger partial charge is 0.335 e. The molecular formula is C23H23NO6S. The van der Waals surface area contributed by atoms with Crippen molar-refractivity contribution in [2.45, 2.75) is 18.0 Å². The molecule has 0 atom stereocenters. The largest absolute Gasteiger partial charge is 0.497 e. The molecule has 162 valence electrons. The third-order valence-electron chi connectivity index (χ3n) is 4.78. The average Bonchev–Trinajstić information content (AvgIpc) is 2.79. The van der Waals surface area contributed by atoms with Gasteiger partial charge in [0, 0.05) is 24.7 Å². The van der Waals surface area contributed by atoms with E-state index in [2.05, 4.69) is 0 Å². The van der Waals surface area contributed by atoms with Crippen LogP contribution in [0, 0.1) is 0 Å². The van der Waals surface area contributed by atoms with Crippen LogP contribution in [0.2, 0.25) is 0 Å². The number of carboxylic acid groups (broad SMARTS) is 1. The van der Waals surface area contributed by atoms with Gasteiger partial charge < -0.3 is 14.6 Å². The first-order valence-electron chi connectivity index (χ1n) is 9.43. The summed E-state index contributed by atoms with van der Waals surface area (Å²) in [5, 5.41) is 9.09. The number of hydrogen-bond donors (Lipinski definition) is 1.